The minimum atomic E-state index is 0.0233. The third-order valence-corrected chi connectivity index (χ3v) is 3.74. The van der Waals surface area contributed by atoms with Crippen molar-refractivity contribution in [2.24, 2.45) is 0 Å². The second-order valence-corrected chi connectivity index (χ2v) is 5.88. The van der Waals surface area contributed by atoms with Gasteiger partial charge in [-0.25, -0.2) is 0 Å². The summed E-state index contributed by atoms with van der Waals surface area (Å²) in [6.45, 7) is 0.323. The van der Waals surface area contributed by atoms with Gasteiger partial charge in [-0.05, 0) is 48.5 Å². The maximum atomic E-state index is 11.5. The number of phenols is 1. The third kappa shape index (κ3) is 4.18. The van der Waals surface area contributed by atoms with Crippen LogP contribution in [0.2, 0.25) is 0 Å². The van der Waals surface area contributed by atoms with Gasteiger partial charge in [0.15, 0.2) is 0 Å². The molecule has 2 aromatic carbocycles. The van der Waals surface area contributed by atoms with E-state index < -0.39 is 0 Å². The molecule has 3 aromatic rings. The summed E-state index contributed by atoms with van der Waals surface area (Å²) in [6, 6.07) is 13.8. The van der Waals surface area contributed by atoms with E-state index in [1.165, 1.54) is 4.90 Å². The van der Waals surface area contributed by atoms with Crippen molar-refractivity contribution in [2.75, 3.05) is 20.7 Å². The van der Waals surface area contributed by atoms with Crippen molar-refractivity contribution >= 4 is 5.91 Å². The lowest BCUT2D eigenvalue weighted by atomic mass is 10.2. The molecule has 0 atom stereocenters. The molecule has 1 heterocycles. The molecule has 0 aliphatic carbocycles. The molecule has 1 aromatic heterocycles. The summed E-state index contributed by atoms with van der Waals surface area (Å²) in [5.74, 6) is 1.71. The minimum Gasteiger partial charge on any atom is -0.508 e. The van der Waals surface area contributed by atoms with E-state index >= 15 is 0 Å². The average Bonchev–Trinajstić information content (AvgIpc) is 3.13. The zero-order valence-corrected chi connectivity index (χ0v) is 14.5. The van der Waals surface area contributed by atoms with Gasteiger partial charge in [0.25, 0.3) is 5.89 Å². The first kappa shape index (κ1) is 17.5. The van der Waals surface area contributed by atoms with Crippen molar-refractivity contribution in [3.05, 3.63) is 48.5 Å². The van der Waals surface area contributed by atoms with E-state index in [2.05, 4.69) is 10.1 Å². The highest BCUT2D eigenvalue weighted by Crippen LogP contribution is 2.25. The summed E-state index contributed by atoms with van der Waals surface area (Å²) >= 11 is 0. The van der Waals surface area contributed by atoms with Gasteiger partial charge in [-0.15, -0.1) is 0 Å². The molecule has 1 N–H and O–H groups in total. The number of aromatic hydroxyl groups is 1. The molecule has 0 saturated carbocycles. The zero-order valence-electron chi connectivity index (χ0n) is 14.5. The smallest absolute Gasteiger partial charge is 0.258 e. The SMILES string of the molecule is CN(C)C(=O)CCOc1ccc(-c2noc(-c3ccc(O)cc3)n2)cc1. The Morgan fingerprint density at radius 3 is 2.38 bits per heavy atom. The molecule has 7 heteroatoms. The number of phenolic OH excluding ortho intramolecular Hbond substituents is 1. The molecule has 0 unspecified atom stereocenters. The third-order valence-electron chi connectivity index (χ3n) is 3.74. The summed E-state index contributed by atoms with van der Waals surface area (Å²) in [4.78, 5) is 17.4. The molecule has 1 amide bonds. The highest BCUT2D eigenvalue weighted by atomic mass is 16.5. The van der Waals surface area contributed by atoms with E-state index in [0.717, 1.165) is 11.1 Å². The van der Waals surface area contributed by atoms with Crippen molar-refractivity contribution < 1.29 is 19.2 Å². The predicted octanol–water partition coefficient (Wildman–Crippen LogP) is 2.97. The standard InChI is InChI=1S/C19H19N3O4/c1-22(2)17(24)11-12-25-16-9-5-13(6-10-16)18-20-19(26-21-18)14-3-7-15(23)8-4-14/h3-10,23H,11-12H2,1-2H3. The van der Waals surface area contributed by atoms with Gasteiger partial charge in [0, 0.05) is 25.2 Å². The minimum absolute atomic E-state index is 0.0233. The van der Waals surface area contributed by atoms with Gasteiger partial charge < -0.3 is 19.3 Å². The molecule has 0 aliphatic heterocycles. The monoisotopic (exact) mass is 353 g/mol. The number of aromatic nitrogens is 2. The lowest BCUT2D eigenvalue weighted by molar-refractivity contribution is -0.129. The van der Waals surface area contributed by atoms with Crippen LogP contribution in [0.5, 0.6) is 11.5 Å². The first-order chi connectivity index (χ1) is 12.5. The number of benzene rings is 2. The van der Waals surface area contributed by atoms with E-state index in [1.807, 2.05) is 12.1 Å². The Morgan fingerprint density at radius 1 is 1.08 bits per heavy atom. The quantitative estimate of drug-likeness (QED) is 0.733. The highest BCUT2D eigenvalue weighted by molar-refractivity contribution is 5.75. The van der Waals surface area contributed by atoms with Crippen molar-refractivity contribution in [2.45, 2.75) is 6.42 Å². The number of ether oxygens (including phenoxy) is 1. The van der Waals surface area contributed by atoms with Crippen LogP contribution in [0.1, 0.15) is 6.42 Å². The van der Waals surface area contributed by atoms with Crippen molar-refractivity contribution in [1.29, 1.82) is 0 Å². The zero-order chi connectivity index (χ0) is 18.5. The molecular weight excluding hydrogens is 334 g/mol. The van der Waals surface area contributed by atoms with E-state index in [0.29, 0.717) is 30.5 Å². The van der Waals surface area contributed by atoms with Crippen LogP contribution in [0.4, 0.5) is 0 Å². The second-order valence-electron chi connectivity index (χ2n) is 5.88. The van der Waals surface area contributed by atoms with Crippen LogP contribution in [0.25, 0.3) is 22.8 Å². The lowest BCUT2D eigenvalue weighted by Crippen LogP contribution is -2.23. The van der Waals surface area contributed by atoms with Gasteiger partial charge in [-0.3, -0.25) is 4.79 Å². The molecule has 0 spiro atoms. The predicted molar refractivity (Wildman–Crippen MR) is 95.6 cm³/mol. The molecule has 7 nitrogen and oxygen atoms in total. The van der Waals surface area contributed by atoms with E-state index in [4.69, 9.17) is 9.26 Å². The number of carbonyl (C=O) groups excluding carboxylic acids is 1. The molecular formula is C19H19N3O4. The van der Waals surface area contributed by atoms with Crippen LogP contribution in [0.3, 0.4) is 0 Å². The molecule has 0 radical (unpaired) electrons. The Bertz CT molecular complexity index is 871. The molecule has 134 valence electrons. The van der Waals surface area contributed by atoms with Crippen LogP contribution in [-0.4, -0.2) is 46.8 Å². The number of hydrogen-bond acceptors (Lipinski definition) is 6. The molecule has 0 saturated heterocycles. The summed E-state index contributed by atoms with van der Waals surface area (Å²) < 4.78 is 10.8. The molecule has 0 bridgehead atoms. The molecule has 0 aliphatic rings. The van der Waals surface area contributed by atoms with Crippen molar-refractivity contribution in [3.63, 3.8) is 0 Å². The molecule has 3 rings (SSSR count). The van der Waals surface area contributed by atoms with E-state index in [9.17, 15) is 9.90 Å². The Balaban J connectivity index is 1.64. The van der Waals surface area contributed by atoms with Crippen molar-refractivity contribution in [1.82, 2.24) is 15.0 Å². The fourth-order valence-electron chi connectivity index (χ4n) is 2.24. The summed E-state index contributed by atoms with van der Waals surface area (Å²) in [6.07, 6.45) is 0.329. The Morgan fingerprint density at radius 2 is 1.73 bits per heavy atom. The van der Waals surface area contributed by atoms with E-state index in [1.54, 1.807) is 50.5 Å². The normalized spacial score (nSPS) is 10.5. The summed E-state index contributed by atoms with van der Waals surface area (Å²) in [5, 5.41) is 13.3. The summed E-state index contributed by atoms with van der Waals surface area (Å²) in [5.41, 5.74) is 1.52. The fourth-order valence-corrected chi connectivity index (χ4v) is 2.24. The molecule has 0 fully saturated rings. The number of hydrogen-bond donors (Lipinski definition) is 1. The van der Waals surface area contributed by atoms with Gasteiger partial charge in [-0.1, -0.05) is 5.16 Å². The first-order valence-corrected chi connectivity index (χ1v) is 8.09. The Hall–Kier alpha value is -3.35. The first-order valence-electron chi connectivity index (χ1n) is 8.09. The maximum Gasteiger partial charge on any atom is 0.258 e. The van der Waals surface area contributed by atoms with Gasteiger partial charge in [-0.2, -0.15) is 4.98 Å². The molecule has 26 heavy (non-hydrogen) atoms. The van der Waals surface area contributed by atoms with Crippen LogP contribution in [0, 0.1) is 0 Å². The fraction of sp³-hybridized carbons (Fsp3) is 0.211. The Labute approximate surface area is 150 Å². The van der Waals surface area contributed by atoms with Crippen LogP contribution in [-0.2, 0) is 4.79 Å². The van der Waals surface area contributed by atoms with Gasteiger partial charge in [0.05, 0.1) is 13.0 Å². The van der Waals surface area contributed by atoms with Crippen LogP contribution < -0.4 is 4.74 Å². The largest absolute Gasteiger partial charge is 0.508 e. The Kier molecular flexibility index (Phi) is 5.17. The average molecular weight is 353 g/mol. The topological polar surface area (TPSA) is 88.7 Å². The maximum absolute atomic E-state index is 11.5. The van der Waals surface area contributed by atoms with Gasteiger partial charge in [0.1, 0.15) is 11.5 Å². The van der Waals surface area contributed by atoms with Crippen molar-refractivity contribution in [3.8, 4) is 34.3 Å². The second kappa shape index (κ2) is 7.69. The van der Waals surface area contributed by atoms with Crippen LogP contribution >= 0.6 is 0 Å². The van der Waals surface area contributed by atoms with Crippen LogP contribution in [0.15, 0.2) is 53.1 Å². The highest BCUT2D eigenvalue weighted by Gasteiger charge is 2.11. The van der Waals surface area contributed by atoms with E-state index in [-0.39, 0.29) is 11.7 Å². The number of rotatable bonds is 6. The summed E-state index contributed by atoms with van der Waals surface area (Å²) in [7, 11) is 3.43. The van der Waals surface area contributed by atoms with Gasteiger partial charge >= 0.3 is 0 Å². The number of carbonyl (C=O) groups is 1. The van der Waals surface area contributed by atoms with Gasteiger partial charge in [0.2, 0.25) is 11.7 Å². The number of amides is 1. The number of nitrogens with zero attached hydrogens (tertiary/aromatic N) is 3. The lowest BCUT2D eigenvalue weighted by Gasteiger charge is -2.10.